The molecule has 3 aromatic rings. The van der Waals surface area contributed by atoms with Crippen molar-refractivity contribution in [3.63, 3.8) is 0 Å². The van der Waals surface area contributed by atoms with Crippen LogP contribution in [0.3, 0.4) is 0 Å². The fourth-order valence-corrected chi connectivity index (χ4v) is 3.01. The number of nitrogens with one attached hydrogen (secondary N) is 1. The molecule has 0 saturated heterocycles. The molecule has 0 aliphatic heterocycles. The summed E-state index contributed by atoms with van der Waals surface area (Å²) in [5.74, 6) is 0.640. The highest BCUT2D eigenvalue weighted by molar-refractivity contribution is 6.06. The van der Waals surface area contributed by atoms with Crippen LogP contribution in [0.1, 0.15) is 53.7 Å². The second kappa shape index (κ2) is 7.01. The van der Waals surface area contributed by atoms with Gasteiger partial charge in [-0.15, -0.1) is 10.2 Å². The lowest BCUT2D eigenvalue weighted by molar-refractivity contribution is 0.0939. The Kier molecular flexibility index (Phi) is 4.79. The van der Waals surface area contributed by atoms with Crippen molar-refractivity contribution in [2.45, 2.75) is 46.7 Å². The lowest BCUT2D eigenvalue weighted by Gasteiger charge is -2.16. The number of hydrogen-bond donors (Lipinski definition) is 1. The molecular weight excluding hydrogens is 314 g/mol. The second-order valence-electron chi connectivity index (χ2n) is 6.41. The van der Waals surface area contributed by atoms with Crippen LogP contribution in [-0.4, -0.2) is 25.7 Å². The van der Waals surface area contributed by atoms with Crippen molar-refractivity contribution in [3.05, 3.63) is 53.2 Å². The van der Waals surface area contributed by atoms with Crippen LogP contribution in [-0.2, 0) is 6.54 Å². The Morgan fingerprint density at radius 2 is 2.08 bits per heavy atom. The molecule has 6 heteroatoms. The van der Waals surface area contributed by atoms with Crippen molar-refractivity contribution in [2.24, 2.45) is 0 Å². The number of rotatable bonds is 5. The standard InChI is InChI=1S/C19H23N5O/c1-5-8-24-11-20-23-18(24)14(4)22-19(25)16-10-13(3)21-17-7-6-12(2)9-15(16)17/h6-7,9-11,14H,5,8H2,1-4H3,(H,22,25)/t14-/m1/s1. The van der Waals surface area contributed by atoms with E-state index in [1.807, 2.05) is 49.6 Å². The zero-order chi connectivity index (χ0) is 18.0. The van der Waals surface area contributed by atoms with E-state index in [1.54, 1.807) is 6.33 Å². The number of pyridine rings is 1. The number of aromatic nitrogens is 4. The Balaban J connectivity index is 1.92. The van der Waals surface area contributed by atoms with E-state index in [1.165, 1.54) is 0 Å². The zero-order valence-electron chi connectivity index (χ0n) is 15.1. The van der Waals surface area contributed by atoms with Gasteiger partial charge in [0.2, 0.25) is 0 Å². The van der Waals surface area contributed by atoms with Gasteiger partial charge in [-0.1, -0.05) is 18.6 Å². The number of carbonyl (C=O) groups is 1. The van der Waals surface area contributed by atoms with Crippen LogP contribution in [0.2, 0.25) is 0 Å². The van der Waals surface area contributed by atoms with Crippen LogP contribution in [0.5, 0.6) is 0 Å². The van der Waals surface area contributed by atoms with Gasteiger partial charge >= 0.3 is 0 Å². The smallest absolute Gasteiger partial charge is 0.252 e. The molecule has 1 atom stereocenters. The third-order valence-corrected chi connectivity index (χ3v) is 4.18. The Labute approximate surface area is 147 Å². The molecule has 2 heterocycles. The SMILES string of the molecule is CCCn1cnnc1[C@@H](C)NC(=O)c1cc(C)nc2ccc(C)cc12. The first-order chi connectivity index (χ1) is 12.0. The topological polar surface area (TPSA) is 72.7 Å². The molecule has 6 nitrogen and oxygen atoms in total. The zero-order valence-corrected chi connectivity index (χ0v) is 15.1. The Morgan fingerprint density at radius 1 is 1.28 bits per heavy atom. The molecule has 0 spiro atoms. The third-order valence-electron chi connectivity index (χ3n) is 4.18. The van der Waals surface area contributed by atoms with Gasteiger partial charge in [-0.25, -0.2) is 0 Å². The fraction of sp³-hybridized carbons (Fsp3) is 0.368. The van der Waals surface area contributed by atoms with Crippen molar-refractivity contribution in [2.75, 3.05) is 0 Å². The summed E-state index contributed by atoms with van der Waals surface area (Å²) in [6, 6.07) is 7.57. The molecule has 0 fully saturated rings. The predicted molar refractivity (Wildman–Crippen MR) is 97.4 cm³/mol. The van der Waals surface area contributed by atoms with Gasteiger partial charge in [-0.05, 0) is 45.4 Å². The van der Waals surface area contributed by atoms with E-state index in [-0.39, 0.29) is 11.9 Å². The highest BCUT2D eigenvalue weighted by Crippen LogP contribution is 2.21. The van der Waals surface area contributed by atoms with E-state index in [0.717, 1.165) is 41.0 Å². The van der Waals surface area contributed by atoms with Gasteiger partial charge in [0.1, 0.15) is 6.33 Å². The number of amides is 1. The van der Waals surface area contributed by atoms with E-state index in [9.17, 15) is 4.79 Å². The number of fused-ring (bicyclic) bond motifs is 1. The number of nitrogens with zero attached hydrogens (tertiary/aromatic N) is 4. The molecule has 1 N–H and O–H groups in total. The quantitative estimate of drug-likeness (QED) is 0.775. The van der Waals surface area contributed by atoms with Crippen LogP contribution in [0.25, 0.3) is 10.9 Å². The van der Waals surface area contributed by atoms with Crippen LogP contribution >= 0.6 is 0 Å². The molecule has 0 saturated carbocycles. The number of carbonyl (C=O) groups excluding carboxylic acids is 1. The van der Waals surface area contributed by atoms with Crippen molar-refractivity contribution in [1.82, 2.24) is 25.1 Å². The molecule has 0 unspecified atom stereocenters. The minimum absolute atomic E-state index is 0.125. The molecule has 1 aromatic carbocycles. The Hall–Kier alpha value is -2.76. The summed E-state index contributed by atoms with van der Waals surface area (Å²) in [5, 5.41) is 12.0. The third kappa shape index (κ3) is 3.52. The van der Waals surface area contributed by atoms with Gasteiger partial charge in [0, 0.05) is 17.6 Å². The Bertz CT molecular complexity index is 915. The molecule has 2 aromatic heterocycles. The maximum atomic E-state index is 12.9. The van der Waals surface area contributed by atoms with Crippen LogP contribution in [0.4, 0.5) is 0 Å². The summed E-state index contributed by atoms with van der Waals surface area (Å²) in [4.78, 5) is 17.4. The van der Waals surface area contributed by atoms with Gasteiger partial charge in [-0.3, -0.25) is 9.78 Å². The van der Waals surface area contributed by atoms with Crippen molar-refractivity contribution < 1.29 is 4.79 Å². The monoisotopic (exact) mass is 337 g/mol. The summed E-state index contributed by atoms with van der Waals surface area (Å²) in [7, 11) is 0. The van der Waals surface area contributed by atoms with Crippen molar-refractivity contribution in [1.29, 1.82) is 0 Å². The maximum Gasteiger partial charge on any atom is 0.252 e. The molecule has 25 heavy (non-hydrogen) atoms. The van der Waals surface area contributed by atoms with Gasteiger partial charge in [-0.2, -0.15) is 0 Å². The molecule has 0 aliphatic carbocycles. The summed E-state index contributed by atoms with van der Waals surface area (Å²) >= 11 is 0. The summed E-state index contributed by atoms with van der Waals surface area (Å²) in [6.07, 6.45) is 2.69. The van der Waals surface area contributed by atoms with E-state index >= 15 is 0 Å². The molecule has 0 bridgehead atoms. The highest BCUT2D eigenvalue weighted by atomic mass is 16.1. The predicted octanol–water partition coefficient (Wildman–Crippen LogP) is 3.34. The molecule has 0 aliphatic rings. The van der Waals surface area contributed by atoms with E-state index in [4.69, 9.17) is 0 Å². The van der Waals surface area contributed by atoms with E-state index in [0.29, 0.717) is 5.56 Å². The van der Waals surface area contributed by atoms with Gasteiger partial charge in [0.05, 0.1) is 17.1 Å². The summed E-state index contributed by atoms with van der Waals surface area (Å²) in [5.41, 5.74) is 3.39. The first-order valence-electron chi connectivity index (χ1n) is 8.56. The highest BCUT2D eigenvalue weighted by Gasteiger charge is 2.18. The van der Waals surface area contributed by atoms with E-state index in [2.05, 4.69) is 27.4 Å². The average molecular weight is 337 g/mol. The lowest BCUT2D eigenvalue weighted by Crippen LogP contribution is -2.29. The molecular formula is C19H23N5O. The average Bonchev–Trinajstić information content (AvgIpc) is 3.03. The molecule has 1 amide bonds. The maximum absolute atomic E-state index is 12.9. The lowest BCUT2D eigenvalue weighted by atomic mass is 10.0. The minimum atomic E-state index is -0.227. The van der Waals surface area contributed by atoms with Crippen molar-refractivity contribution in [3.8, 4) is 0 Å². The van der Waals surface area contributed by atoms with Crippen LogP contribution < -0.4 is 5.32 Å². The van der Waals surface area contributed by atoms with Gasteiger partial charge in [0.25, 0.3) is 5.91 Å². The van der Waals surface area contributed by atoms with Gasteiger partial charge < -0.3 is 9.88 Å². The van der Waals surface area contributed by atoms with Crippen LogP contribution in [0.15, 0.2) is 30.6 Å². The summed E-state index contributed by atoms with van der Waals surface area (Å²) in [6.45, 7) is 8.77. The second-order valence-corrected chi connectivity index (χ2v) is 6.41. The van der Waals surface area contributed by atoms with Crippen LogP contribution in [0, 0.1) is 13.8 Å². The Morgan fingerprint density at radius 3 is 2.84 bits per heavy atom. The minimum Gasteiger partial charge on any atom is -0.342 e. The molecule has 0 radical (unpaired) electrons. The molecule has 3 rings (SSSR count). The summed E-state index contributed by atoms with van der Waals surface area (Å²) < 4.78 is 1.98. The van der Waals surface area contributed by atoms with E-state index < -0.39 is 0 Å². The van der Waals surface area contributed by atoms with Crippen molar-refractivity contribution >= 4 is 16.8 Å². The first kappa shape index (κ1) is 17.1. The first-order valence-corrected chi connectivity index (χ1v) is 8.56. The molecule has 130 valence electrons. The number of benzene rings is 1. The number of aryl methyl sites for hydroxylation is 3. The largest absolute Gasteiger partial charge is 0.342 e. The normalized spacial score (nSPS) is 12.3. The fourth-order valence-electron chi connectivity index (χ4n) is 3.01. The van der Waals surface area contributed by atoms with Gasteiger partial charge in [0.15, 0.2) is 5.82 Å². The number of hydrogen-bond acceptors (Lipinski definition) is 4.